The number of rotatable bonds is 1. The monoisotopic (exact) mass is 143 g/mol. The molecule has 0 fully saturated rings. The van der Waals surface area contributed by atoms with E-state index in [0.29, 0.717) is 10.9 Å². The third-order valence-electron chi connectivity index (χ3n) is 0.918. The Morgan fingerprint density at radius 1 is 1.67 bits per heavy atom. The third-order valence-corrected chi connectivity index (χ3v) is 1.21. The van der Waals surface area contributed by atoms with Crippen molar-refractivity contribution in [3.05, 3.63) is 23.4 Å². The smallest absolute Gasteiger partial charge is 0.232 e. The fourth-order valence-corrected chi connectivity index (χ4v) is 0.720. The number of pyridine rings is 1. The van der Waals surface area contributed by atoms with Crippen molar-refractivity contribution in [3.8, 4) is 5.88 Å². The first-order valence-electron chi connectivity index (χ1n) is 2.49. The van der Waals surface area contributed by atoms with Gasteiger partial charge in [0.25, 0.3) is 0 Å². The first-order chi connectivity index (χ1) is 4.34. The molecule has 0 amide bonds. The second kappa shape index (κ2) is 2.69. The van der Waals surface area contributed by atoms with Crippen LogP contribution in [0.3, 0.4) is 0 Å². The minimum absolute atomic E-state index is 0.471. The van der Waals surface area contributed by atoms with Crippen LogP contribution in [0.2, 0.25) is 5.02 Å². The SMILES string of the molecule is COc1ncccc1Cl. The lowest BCUT2D eigenvalue weighted by molar-refractivity contribution is 0.398. The van der Waals surface area contributed by atoms with Gasteiger partial charge in [-0.05, 0) is 12.1 Å². The topological polar surface area (TPSA) is 22.1 Å². The Morgan fingerprint density at radius 2 is 2.44 bits per heavy atom. The Hall–Kier alpha value is -0.760. The van der Waals surface area contributed by atoms with Gasteiger partial charge in [0.2, 0.25) is 5.88 Å². The van der Waals surface area contributed by atoms with E-state index in [9.17, 15) is 0 Å². The Bertz CT molecular complexity index is 202. The number of hydrogen-bond donors (Lipinski definition) is 0. The standard InChI is InChI=1S/C6H6ClNO/c1-9-6-5(7)3-2-4-8-6/h2-4H,1H3. The number of hydrogen-bond acceptors (Lipinski definition) is 2. The summed E-state index contributed by atoms with van der Waals surface area (Å²) in [5, 5.41) is 0.542. The molecular weight excluding hydrogens is 138 g/mol. The van der Waals surface area contributed by atoms with Gasteiger partial charge in [-0.1, -0.05) is 11.6 Å². The summed E-state index contributed by atoms with van der Waals surface area (Å²) >= 11 is 5.64. The Morgan fingerprint density at radius 3 is 2.89 bits per heavy atom. The molecule has 3 heteroatoms. The van der Waals surface area contributed by atoms with E-state index >= 15 is 0 Å². The van der Waals surface area contributed by atoms with E-state index in [0.717, 1.165) is 0 Å². The zero-order chi connectivity index (χ0) is 6.69. The highest BCUT2D eigenvalue weighted by Crippen LogP contribution is 2.18. The Labute approximate surface area is 58.4 Å². The molecule has 0 radical (unpaired) electrons. The number of ether oxygens (including phenoxy) is 1. The van der Waals surface area contributed by atoms with E-state index < -0.39 is 0 Å². The van der Waals surface area contributed by atoms with Crippen molar-refractivity contribution >= 4 is 11.6 Å². The molecule has 48 valence electrons. The van der Waals surface area contributed by atoms with Crippen LogP contribution in [0.1, 0.15) is 0 Å². The second-order valence-electron chi connectivity index (χ2n) is 1.49. The average molecular weight is 144 g/mol. The van der Waals surface area contributed by atoms with Gasteiger partial charge in [0, 0.05) is 6.20 Å². The molecule has 0 saturated carbocycles. The summed E-state index contributed by atoms with van der Waals surface area (Å²) in [4.78, 5) is 3.84. The summed E-state index contributed by atoms with van der Waals surface area (Å²) in [5.74, 6) is 0.471. The molecule has 0 spiro atoms. The summed E-state index contributed by atoms with van der Waals surface area (Å²) in [5.41, 5.74) is 0. The highest BCUT2D eigenvalue weighted by atomic mass is 35.5. The number of aromatic nitrogens is 1. The van der Waals surface area contributed by atoms with Crippen molar-refractivity contribution in [1.29, 1.82) is 0 Å². The molecule has 1 aromatic heterocycles. The molecule has 0 aliphatic rings. The van der Waals surface area contributed by atoms with Crippen molar-refractivity contribution < 1.29 is 4.74 Å². The fraction of sp³-hybridized carbons (Fsp3) is 0.167. The van der Waals surface area contributed by atoms with Crippen LogP contribution in [-0.2, 0) is 0 Å². The van der Waals surface area contributed by atoms with Gasteiger partial charge < -0.3 is 4.74 Å². The minimum atomic E-state index is 0.471. The maximum atomic E-state index is 5.64. The highest BCUT2D eigenvalue weighted by Gasteiger charge is 1.95. The van der Waals surface area contributed by atoms with Crippen molar-refractivity contribution in [1.82, 2.24) is 4.98 Å². The van der Waals surface area contributed by atoms with Crippen LogP contribution < -0.4 is 4.74 Å². The van der Waals surface area contributed by atoms with E-state index in [2.05, 4.69) is 4.98 Å². The number of methoxy groups -OCH3 is 1. The van der Waals surface area contributed by atoms with Crippen molar-refractivity contribution in [3.63, 3.8) is 0 Å². The average Bonchev–Trinajstić information content (AvgIpc) is 1.89. The predicted molar refractivity (Wildman–Crippen MR) is 35.8 cm³/mol. The van der Waals surface area contributed by atoms with Crippen LogP contribution in [0.25, 0.3) is 0 Å². The van der Waals surface area contributed by atoms with Crippen molar-refractivity contribution in [2.75, 3.05) is 7.11 Å². The third kappa shape index (κ3) is 1.33. The molecule has 0 bridgehead atoms. The van der Waals surface area contributed by atoms with Crippen LogP contribution in [0.15, 0.2) is 18.3 Å². The molecule has 0 unspecified atom stereocenters. The molecule has 0 atom stereocenters. The van der Waals surface area contributed by atoms with Crippen LogP contribution in [-0.4, -0.2) is 12.1 Å². The molecule has 9 heavy (non-hydrogen) atoms. The quantitative estimate of drug-likeness (QED) is 0.598. The molecule has 0 N–H and O–H groups in total. The Balaban J connectivity index is 3.01. The summed E-state index contributed by atoms with van der Waals surface area (Å²) < 4.78 is 4.80. The van der Waals surface area contributed by atoms with Gasteiger partial charge in [-0.2, -0.15) is 0 Å². The van der Waals surface area contributed by atoms with Gasteiger partial charge in [-0.15, -0.1) is 0 Å². The van der Waals surface area contributed by atoms with Crippen LogP contribution in [0, 0.1) is 0 Å². The largest absolute Gasteiger partial charge is 0.480 e. The summed E-state index contributed by atoms with van der Waals surface area (Å²) in [6.45, 7) is 0. The normalized spacial score (nSPS) is 9.11. The van der Waals surface area contributed by atoms with Crippen molar-refractivity contribution in [2.24, 2.45) is 0 Å². The zero-order valence-electron chi connectivity index (χ0n) is 4.97. The number of nitrogens with zero attached hydrogens (tertiary/aromatic N) is 1. The van der Waals surface area contributed by atoms with Gasteiger partial charge in [0.05, 0.1) is 7.11 Å². The van der Waals surface area contributed by atoms with E-state index in [-0.39, 0.29) is 0 Å². The van der Waals surface area contributed by atoms with E-state index in [1.54, 1.807) is 18.3 Å². The molecule has 1 aromatic rings. The van der Waals surface area contributed by atoms with Crippen LogP contribution >= 0.6 is 11.6 Å². The van der Waals surface area contributed by atoms with Gasteiger partial charge in [-0.25, -0.2) is 4.98 Å². The van der Waals surface area contributed by atoms with E-state index in [1.807, 2.05) is 0 Å². The molecule has 1 heterocycles. The maximum absolute atomic E-state index is 5.64. The predicted octanol–water partition coefficient (Wildman–Crippen LogP) is 1.74. The lowest BCUT2D eigenvalue weighted by Crippen LogP contribution is -1.85. The summed E-state index contributed by atoms with van der Waals surface area (Å²) in [6, 6.07) is 3.48. The van der Waals surface area contributed by atoms with Gasteiger partial charge in [-0.3, -0.25) is 0 Å². The zero-order valence-corrected chi connectivity index (χ0v) is 5.72. The molecule has 2 nitrogen and oxygen atoms in total. The first kappa shape index (κ1) is 6.36. The highest BCUT2D eigenvalue weighted by molar-refractivity contribution is 6.31. The molecule has 0 aliphatic heterocycles. The molecule has 0 saturated heterocycles. The van der Waals surface area contributed by atoms with Gasteiger partial charge in [0.1, 0.15) is 5.02 Å². The minimum Gasteiger partial charge on any atom is -0.480 e. The van der Waals surface area contributed by atoms with Gasteiger partial charge in [0.15, 0.2) is 0 Å². The van der Waals surface area contributed by atoms with E-state index in [4.69, 9.17) is 16.3 Å². The van der Waals surface area contributed by atoms with Crippen LogP contribution in [0.5, 0.6) is 5.88 Å². The van der Waals surface area contributed by atoms with Crippen LogP contribution in [0.4, 0.5) is 0 Å². The molecular formula is C6H6ClNO. The van der Waals surface area contributed by atoms with E-state index in [1.165, 1.54) is 7.11 Å². The lowest BCUT2D eigenvalue weighted by atomic mass is 10.5. The summed E-state index contributed by atoms with van der Waals surface area (Å²) in [7, 11) is 1.54. The molecule has 1 rings (SSSR count). The van der Waals surface area contributed by atoms with Crippen molar-refractivity contribution in [2.45, 2.75) is 0 Å². The summed E-state index contributed by atoms with van der Waals surface area (Å²) in [6.07, 6.45) is 1.63. The Kier molecular flexibility index (Phi) is 1.90. The lowest BCUT2D eigenvalue weighted by Gasteiger charge is -1.97. The number of halogens is 1. The molecule has 0 aliphatic carbocycles. The van der Waals surface area contributed by atoms with Gasteiger partial charge >= 0.3 is 0 Å². The second-order valence-corrected chi connectivity index (χ2v) is 1.90. The molecule has 0 aromatic carbocycles. The maximum Gasteiger partial charge on any atom is 0.232 e. The first-order valence-corrected chi connectivity index (χ1v) is 2.87. The fourth-order valence-electron chi connectivity index (χ4n) is 0.521.